The molecule has 19 heavy (non-hydrogen) atoms. The van der Waals surface area contributed by atoms with E-state index in [2.05, 4.69) is 5.32 Å². The molecule has 0 aromatic heterocycles. The van der Waals surface area contributed by atoms with E-state index in [1.54, 1.807) is 38.1 Å². The predicted molar refractivity (Wildman–Crippen MR) is 77.0 cm³/mol. The lowest BCUT2D eigenvalue weighted by Crippen LogP contribution is -2.42. The summed E-state index contributed by atoms with van der Waals surface area (Å²) in [6.07, 6.45) is 0. The van der Waals surface area contributed by atoms with Gasteiger partial charge in [0.25, 0.3) is 0 Å². The van der Waals surface area contributed by atoms with Crippen molar-refractivity contribution >= 4 is 33.0 Å². The summed E-state index contributed by atoms with van der Waals surface area (Å²) in [7, 11) is -3.54. The molecule has 3 N–H and O–H groups in total. The summed E-state index contributed by atoms with van der Waals surface area (Å²) in [5, 5.41) is 2.94. The molecule has 1 aromatic rings. The minimum atomic E-state index is -3.54. The first-order valence-electron chi connectivity index (χ1n) is 5.62. The third-order valence-corrected chi connectivity index (χ3v) is 4.17. The van der Waals surface area contributed by atoms with Crippen LogP contribution in [0.15, 0.2) is 24.3 Å². The number of carbonyl (C=O) groups excluding carboxylic acids is 1. The number of nitrogens with one attached hydrogen (secondary N) is 1. The number of hydrogen-bond donors (Lipinski definition) is 2. The molecule has 1 rings (SSSR count). The fraction of sp³-hybridized carbons (Fsp3) is 0.417. The molecule has 0 unspecified atom stereocenters. The number of nitrogens with two attached hydrogens (primary N) is 1. The largest absolute Gasteiger partial charge is 0.325 e. The highest BCUT2D eigenvalue weighted by atomic mass is 35.5. The fourth-order valence-corrected chi connectivity index (χ4v) is 3.48. The van der Waals surface area contributed by atoms with Crippen LogP contribution in [0, 0.1) is 0 Å². The number of anilines is 1. The zero-order chi connectivity index (χ0) is 14.7. The highest BCUT2D eigenvalue weighted by Crippen LogP contribution is 2.15. The number of benzene rings is 1. The molecular weight excluding hydrogens is 288 g/mol. The van der Waals surface area contributed by atoms with Crippen molar-refractivity contribution in [2.75, 3.05) is 16.8 Å². The fourth-order valence-electron chi connectivity index (χ4n) is 1.58. The van der Waals surface area contributed by atoms with Crippen LogP contribution in [0.3, 0.4) is 0 Å². The SMILES string of the molecule is CC(C)(N)CS(=O)(=O)CC(=O)Nc1cccc(Cl)c1. The average molecular weight is 305 g/mol. The zero-order valence-electron chi connectivity index (χ0n) is 10.8. The summed E-state index contributed by atoms with van der Waals surface area (Å²) < 4.78 is 23.5. The Labute approximate surface area is 118 Å². The molecule has 0 aliphatic carbocycles. The number of amides is 1. The molecule has 7 heteroatoms. The Bertz CT molecular complexity index is 565. The van der Waals surface area contributed by atoms with E-state index in [1.807, 2.05) is 0 Å². The van der Waals surface area contributed by atoms with Gasteiger partial charge in [-0.3, -0.25) is 4.79 Å². The molecule has 0 saturated heterocycles. The topological polar surface area (TPSA) is 89.3 Å². The molecule has 1 aromatic carbocycles. The van der Waals surface area contributed by atoms with Gasteiger partial charge in [-0.1, -0.05) is 17.7 Å². The average Bonchev–Trinajstić information content (AvgIpc) is 2.11. The van der Waals surface area contributed by atoms with Crippen LogP contribution in [0.4, 0.5) is 5.69 Å². The Morgan fingerprint density at radius 2 is 2.05 bits per heavy atom. The maximum absolute atomic E-state index is 11.7. The minimum Gasteiger partial charge on any atom is -0.325 e. The van der Waals surface area contributed by atoms with E-state index in [4.69, 9.17) is 17.3 Å². The molecule has 0 atom stereocenters. The van der Waals surface area contributed by atoms with Gasteiger partial charge in [-0.25, -0.2) is 8.42 Å². The first-order chi connectivity index (χ1) is 8.57. The standard InChI is InChI=1S/C12H17ClN2O3S/c1-12(2,14)8-19(17,18)7-11(16)15-10-5-3-4-9(13)6-10/h3-6H,7-8,14H2,1-2H3,(H,15,16). The maximum Gasteiger partial charge on any atom is 0.239 e. The first-order valence-corrected chi connectivity index (χ1v) is 7.82. The monoisotopic (exact) mass is 304 g/mol. The summed E-state index contributed by atoms with van der Waals surface area (Å²) in [6.45, 7) is 3.19. The van der Waals surface area contributed by atoms with Crippen molar-refractivity contribution in [3.05, 3.63) is 29.3 Å². The summed E-state index contributed by atoms with van der Waals surface area (Å²) in [4.78, 5) is 11.7. The van der Waals surface area contributed by atoms with E-state index in [-0.39, 0.29) is 5.75 Å². The van der Waals surface area contributed by atoms with Crippen LogP contribution in [-0.2, 0) is 14.6 Å². The van der Waals surface area contributed by atoms with Crippen LogP contribution in [0.2, 0.25) is 5.02 Å². The van der Waals surface area contributed by atoms with E-state index in [0.717, 1.165) is 0 Å². The van der Waals surface area contributed by atoms with Gasteiger partial charge in [0.2, 0.25) is 5.91 Å². The van der Waals surface area contributed by atoms with Crippen LogP contribution < -0.4 is 11.1 Å². The van der Waals surface area contributed by atoms with Gasteiger partial charge >= 0.3 is 0 Å². The lowest BCUT2D eigenvalue weighted by molar-refractivity contribution is -0.113. The third-order valence-electron chi connectivity index (χ3n) is 2.05. The number of halogens is 1. The Kier molecular flexibility index (Phi) is 4.95. The first kappa shape index (κ1) is 15.9. The number of carbonyl (C=O) groups is 1. The predicted octanol–water partition coefficient (Wildman–Crippen LogP) is 1.43. The molecule has 0 aliphatic heterocycles. The second-order valence-electron chi connectivity index (χ2n) is 5.08. The van der Waals surface area contributed by atoms with E-state index in [0.29, 0.717) is 10.7 Å². The van der Waals surface area contributed by atoms with Crippen molar-refractivity contribution < 1.29 is 13.2 Å². The van der Waals surface area contributed by atoms with Crippen molar-refractivity contribution in [2.45, 2.75) is 19.4 Å². The number of hydrogen-bond acceptors (Lipinski definition) is 4. The summed E-state index contributed by atoms with van der Waals surface area (Å²) in [5.74, 6) is -1.45. The van der Waals surface area contributed by atoms with Gasteiger partial charge in [-0.05, 0) is 32.0 Å². The molecule has 106 valence electrons. The zero-order valence-corrected chi connectivity index (χ0v) is 12.4. The highest BCUT2D eigenvalue weighted by Gasteiger charge is 2.24. The molecule has 0 bridgehead atoms. The molecular formula is C12H17ClN2O3S. The van der Waals surface area contributed by atoms with Gasteiger partial charge in [-0.15, -0.1) is 0 Å². The van der Waals surface area contributed by atoms with Crippen LogP contribution in [-0.4, -0.2) is 31.4 Å². The van der Waals surface area contributed by atoms with Crippen molar-refractivity contribution in [1.29, 1.82) is 0 Å². The quantitative estimate of drug-likeness (QED) is 0.861. The Hall–Kier alpha value is -1.11. The Morgan fingerprint density at radius 1 is 1.42 bits per heavy atom. The molecule has 0 fully saturated rings. The second-order valence-corrected chi connectivity index (χ2v) is 7.58. The maximum atomic E-state index is 11.7. The molecule has 0 aliphatic rings. The van der Waals surface area contributed by atoms with Crippen LogP contribution in [0.5, 0.6) is 0 Å². The summed E-state index contributed by atoms with van der Waals surface area (Å²) in [6, 6.07) is 6.49. The van der Waals surface area contributed by atoms with E-state index in [9.17, 15) is 13.2 Å². The highest BCUT2D eigenvalue weighted by molar-refractivity contribution is 7.92. The molecule has 0 saturated carbocycles. The van der Waals surface area contributed by atoms with Gasteiger partial charge in [0, 0.05) is 16.2 Å². The molecule has 1 amide bonds. The minimum absolute atomic E-state index is 0.247. The van der Waals surface area contributed by atoms with E-state index < -0.39 is 27.0 Å². The van der Waals surface area contributed by atoms with Crippen molar-refractivity contribution in [1.82, 2.24) is 0 Å². The smallest absolute Gasteiger partial charge is 0.239 e. The normalized spacial score (nSPS) is 12.2. The van der Waals surface area contributed by atoms with E-state index >= 15 is 0 Å². The number of sulfone groups is 1. The van der Waals surface area contributed by atoms with Gasteiger partial charge in [0.15, 0.2) is 9.84 Å². The second kappa shape index (κ2) is 5.90. The van der Waals surface area contributed by atoms with Gasteiger partial charge < -0.3 is 11.1 Å². The molecule has 5 nitrogen and oxygen atoms in total. The molecule has 0 spiro atoms. The lowest BCUT2D eigenvalue weighted by Gasteiger charge is -2.17. The summed E-state index contributed by atoms with van der Waals surface area (Å²) >= 11 is 5.76. The van der Waals surface area contributed by atoms with Crippen LogP contribution >= 0.6 is 11.6 Å². The lowest BCUT2D eigenvalue weighted by atomic mass is 10.1. The number of rotatable bonds is 5. The van der Waals surface area contributed by atoms with Gasteiger partial charge in [0.05, 0.1) is 5.75 Å². The van der Waals surface area contributed by atoms with Crippen LogP contribution in [0.1, 0.15) is 13.8 Å². The Balaban J connectivity index is 2.66. The molecule has 0 heterocycles. The van der Waals surface area contributed by atoms with Crippen molar-refractivity contribution in [3.8, 4) is 0 Å². The third kappa shape index (κ3) is 6.56. The Morgan fingerprint density at radius 3 is 2.58 bits per heavy atom. The van der Waals surface area contributed by atoms with Crippen molar-refractivity contribution in [3.63, 3.8) is 0 Å². The van der Waals surface area contributed by atoms with Crippen molar-refractivity contribution in [2.24, 2.45) is 5.73 Å². The van der Waals surface area contributed by atoms with Gasteiger partial charge in [-0.2, -0.15) is 0 Å². The van der Waals surface area contributed by atoms with Crippen LogP contribution in [0.25, 0.3) is 0 Å². The van der Waals surface area contributed by atoms with E-state index in [1.165, 1.54) is 0 Å². The molecule has 0 radical (unpaired) electrons. The van der Waals surface area contributed by atoms with Gasteiger partial charge in [0.1, 0.15) is 5.75 Å². The summed E-state index contributed by atoms with van der Waals surface area (Å²) in [5.41, 5.74) is 5.23.